The number of para-hydroxylation sites is 1. The van der Waals surface area contributed by atoms with Crippen molar-refractivity contribution < 1.29 is 18.3 Å². The number of carbonyl (C=O) groups is 1. The number of carbonyl (C=O) groups excluding carboxylic acids is 1. The molecule has 1 aliphatic heterocycles. The third-order valence-electron chi connectivity index (χ3n) is 4.90. The number of furan rings is 1. The zero-order valence-corrected chi connectivity index (χ0v) is 14.5. The molecule has 8 heteroatoms. The molecule has 2 aromatic heterocycles. The summed E-state index contributed by atoms with van der Waals surface area (Å²) in [4.78, 5) is 18.6. The largest absolute Gasteiger partial charge is 0.448 e. The standard InChI is InChI=1S/C18H19FN4O3/c1-10-11-4-3-5-13(19)16(11)26-15(10)18(24)23(2)8-14-12(6-7-25-14)17-20-9-21-22-17/h3-5,9,12,14H,6-8H2,1-2H3,(H,20,21,22)/t12-,14-/m1/s1. The van der Waals surface area contributed by atoms with Crippen molar-refractivity contribution in [3.63, 3.8) is 0 Å². The number of aromatic nitrogens is 3. The molecule has 1 fully saturated rings. The topological polar surface area (TPSA) is 84.3 Å². The second-order valence-corrected chi connectivity index (χ2v) is 6.53. The number of likely N-dealkylation sites (N-methyl/N-ethyl adjacent to an activating group) is 1. The van der Waals surface area contributed by atoms with Crippen LogP contribution in [-0.4, -0.2) is 52.3 Å². The first-order chi connectivity index (χ1) is 12.6. The van der Waals surface area contributed by atoms with Gasteiger partial charge < -0.3 is 14.1 Å². The second-order valence-electron chi connectivity index (χ2n) is 6.53. The summed E-state index contributed by atoms with van der Waals surface area (Å²) in [7, 11) is 1.68. The zero-order valence-electron chi connectivity index (χ0n) is 14.5. The Morgan fingerprint density at radius 1 is 1.46 bits per heavy atom. The molecule has 1 saturated heterocycles. The van der Waals surface area contributed by atoms with Gasteiger partial charge in [0, 0.05) is 37.1 Å². The van der Waals surface area contributed by atoms with Gasteiger partial charge in [0.05, 0.1) is 6.10 Å². The number of nitrogens with one attached hydrogen (secondary N) is 1. The quantitative estimate of drug-likeness (QED) is 0.775. The van der Waals surface area contributed by atoms with Gasteiger partial charge in [0.1, 0.15) is 12.2 Å². The predicted octanol–water partition coefficient (Wildman–Crippen LogP) is 2.64. The Morgan fingerprint density at radius 3 is 3.04 bits per heavy atom. The van der Waals surface area contributed by atoms with Gasteiger partial charge in [0.2, 0.25) is 0 Å². The zero-order chi connectivity index (χ0) is 18.3. The molecule has 1 aromatic carbocycles. The second kappa shape index (κ2) is 6.53. The van der Waals surface area contributed by atoms with E-state index in [0.29, 0.717) is 24.1 Å². The van der Waals surface area contributed by atoms with E-state index in [1.165, 1.54) is 12.4 Å². The molecule has 0 radical (unpaired) electrons. The lowest BCUT2D eigenvalue weighted by Gasteiger charge is -2.23. The Hall–Kier alpha value is -2.74. The number of amides is 1. The summed E-state index contributed by atoms with van der Waals surface area (Å²) in [5, 5.41) is 7.37. The van der Waals surface area contributed by atoms with Crippen LogP contribution in [0.1, 0.15) is 34.3 Å². The van der Waals surface area contributed by atoms with Crippen molar-refractivity contribution in [2.45, 2.75) is 25.4 Å². The highest BCUT2D eigenvalue weighted by Gasteiger charge is 2.34. The average Bonchev–Trinajstić information content (AvgIpc) is 3.35. The van der Waals surface area contributed by atoms with E-state index in [9.17, 15) is 9.18 Å². The molecule has 0 aliphatic carbocycles. The van der Waals surface area contributed by atoms with E-state index < -0.39 is 5.82 Å². The fourth-order valence-corrected chi connectivity index (χ4v) is 3.47. The first kappa shape index (κ1) is 16.7. The molecule has 0 unspecified atom stereocenters. The SMILES string of the molecule is Cc1c(C(=O)N(C)C[C@H]2OCC[C@H]2c2ncn[nH]2)oc2c(F)cccc12. The first-order valence-corrected chi connectivity index (χ1v) is 8.46. The molecule has 7 nitrogen and oxygen atoms in total. The maximum atomic E-state index is 13.9. The third-order valence-corrected chi connectivity index (χ3v) is 4.90. The van der Waals surface area contributed by atoms with E-state index in [2.05, 4.69) is 15.2 Å². The molecule has 3 heterocycles. The molecule has 26 heavy (non-hydrogen) atoms. The number of rotatable bonds is 4. The maximum Gasteiger partial charge on any atom is 0.289 e. The molecule has 0 bridgehead atoms. The monoisotopic (exact) mass is 358 g/mol. The molecule has 1 amide bonds. The van der Waals surface area contributed by atoms with E-state index in [4.69, 9.17) is 9.15 Å². The maximum absolute atomic E-state index is 13.9. The lowest BCUT2D eigenvalue weighted by molar-refractivity contribution is 0.0529. The number of benzene rings is 1. The minimum absolute atomic E-state index is 0.0574. The molecule has 3 aromatic rings. The third kappa shape index (κ3) is 2.76. The Balaban J connectivity index is 1.55. The van der Waals surface area contributed by atoms with Crippen molar-refractivity contribution in [1.82, 2.24) is 20.1 Å². The van der Waals surface area contributed by atoms with Gasteiger partial charge in [-0.05, 0) is 19.4 Å². The van der Waals surface area contributed by atoms with Crippen LogP contribution < -0.4 is 0 Å². The van der Waals surface area contributed by atoms with E-state index in [1.807, 2.05) is 0 Å². The van der Waals surface area contributed by atoms with Crippen LogP contribution in [0, 0.1) is 12.7 Å². The first-order valence-electron chi connectivity index (χ1n) is 8.46. The number of hydrogen-bond acceptors (Lipinski definition) is 5. The highest BCUT2D eigenvalue weighted by atomic mass is 19.1. The van der Waals surface area contributed by atoms with Crippen LogP contribution in [0.5, 0.6) is 0 Å². The molecular formula is C18H19FN4O3. The van der Waals surface area contributed by atoms with Gasteiger partial charge >= 0.3 is 0 Å². The normalized spacial score (nSPS) is 20.0. The summed E-state index contributed by atoms with van der Waals surface area (Å²) in [6, 6.07) is 4.66. The van der Waals surface area contributed by atoms with Crippen LogP contribution in [0.2, 0.25) is 0 Å². The van der Waals surface area contributed by atoms with Crippen LogP contribution in [0.15, 0.2) is 28.9 Å². The van der Waals surface area contributed by atoms with Gasteiger partial charge in [-0.2, -0.15) is 5.10 Å². The molecule has 1 aliphatic rings. The smallest absolute Gasteiger partial charge is 0.289 e. The van der Waals surface area contributed by atoms with Crippen molar-refractivity contribution in [3.8, 4) is 0 Å². The fraction of sp³-hybridized carbons (Fsp3) is 0.389. The molecule has 4 rings (SSSR count). The average molecular weight is 358 g/mol. The molecule has 0 spiro atoms. The summed E-state index contributed by atoms with van der Waals surface area (Å²) in [5.74, 6) is 0.195. The number of H-pyrrole nitrogens is 1. The van der Waals surface area contributed by atoms with Gasteiger partial charge in [-0.1, -0.05) is 12.1 Å². The van der Waals surface area contributed by atoms with Crippen molar-refractivity contribution >= 4 is 16.9 Å². The fourth-order valence-electron chi connectivity index (χ4n) is 3.47. The van der Waals surface area contributed by atoms with Crippen LogP contribution in [0.25, 0.3) is 11.0 Å². The minimum atomic E-state index is -0.475. The number of hydrogen-bond donors (Lipinski definition) is 1. The highest BCUT2D eigenvalue weighted by molar-refractivity contribution is 5.98. The molecular weight excluding hydrogens is 339 g/mol. The van der Waals surface area contributed by atoms with E-state index in [0.717, 1.165) is 12.2 Å². The van der Waals surface area contributed by atoms with Crippen LogP contribution in [0.3, 0.4) is 0 Å². The van der Waals surface area contributed by atoms with Crippen molar-refractivity contribution in [2.24, 2.45) is 0 Å². The van der Waals surface area contributed by atoms with Gasteiger partial charge in [-0.25, -0.2) is 9.37 Å². The number of aryl methyl sites for hydroxylation is 1. The lowest BCUT2D eigenvalue weighted by Crippen LogP contribution is -2.36. The van der Waals surface area contributed by atoms with Crippen molar-refractivity contribution in [3.05, 3.63) is 47.5 Å². The van der Waals surface area contributed by atoms with Gasteiger partial charge in [-0.3, -0.25) is 9.89 Å². The number of aromatic amines is 1. The van der Waals surface area contributed by atoms with E-state index in [1.54, 1.807) is 31.0 Å². The van der Waals surface area contributed by atoms with Gasteiger partial charge in [0.15, 0.2) is 17.2 Å². The Kier molecular flexibility index (Phi) is 4.20. The van der Waals surface area contributed by atoms with Gasteiger partial charge in [0.25, 0.3) is 5.91 Å². The summed E-state index contributed by atoms with van der Waals surface area (Å²) in [6.45, 7) is 2.74. The summed E-state index contributed by atoms with van der Waals surface area (Å²) in [5.41, 5.74) is 0.744. The molecule has 2 atom stereocenters. The summed E-state index contributed by atoms with van der Waals surface area (Å²) >= 11 is 0. The Morgan fingerprint density at radius 2 is 2.31 bits per heavy atom. The molecule has 1 N–H and O–H groups in total. The molecule has 0 saturated carbocycles. The number of fused-ring (bicyclic) bond motifs is 1. The number of nitrogens with zero attached hydrogens (tertiary/aromatic N) is 3. The van der Waals surface area contributed by atoms with Gasteiger partial charge in [-0.15, -0.1) is 0 Å². The number of halogens is 1. The number of ether oxygens (including phenoxy) is 1. The van der Waals surface area contributed by atoms with Crippen LogP contribution in [0.4, 0.5) is 4.39 Å². The van der Waals surface area contributed by atoms with E-state index >= 15 is 0 Å². The minimum Gasteiger partial charge on any atom is -0.448 e. The molecule has 136 valence electrons. The van der Waals surface area contributed by atoms with Crippen LogP contribution >= 0.6 is 0 Å². The van der Waals surface area contributed by atoms with Crippen LogP contribution in [-0.2, 0) is 4.74 Å². The highest BCUT2D eigenvalue weighted by Crippen LogP contribution is 2.31. The predicted molar refractivity (Wildman–Crippen MR) is 91.4 cm³/mol. The van der Waals surface area contributed by atoms with Crippen molar-refractivity contribution in [1.29, 1.82) is 0 Å². The lowest BCUT2D eigenvalue weighted by atomic mass is 10.0. The Labute approximate surface area is 149 Å². The van der Waals surface area contributed by atoms with Crippen molar-refractivity contribution in [2.75, 3.05) is 20.2 Å². The Bertz CT molecular complexity index is 937. The summed E-state index contributed by atoms with van der Waals surface area (Å²) in [6.07, 6.45) is 2.10. The van der Waals surface area contributed by atoms with E-state index in [-0.39, 0.29) is 29.3 Å². The summed E-state index contributed by atoms with van der Waals surface area (Å²) < 4.78 is 25.2.